The fourth-order valence-corrected chi connectivity index (χ4v) is 1.57. The van der Waals surface area contributed by atoms with Gasteiger partial charge in [-0.1, -0.05) is 0 Å². The lowest BCUT2D eigenvalue weighted by Crippen LogP contribution is -2.26. The summed E-state index contributed by atoms with van der Waals surface area (Å²) in [6.07, 6.45) is -5.36. The molecule has 2 amide bonds. The van der Waals surface area contributed by atoms with Crippen LogP contribution in [0.4, 0.5) is 23.7 Å². The second-order valence-corrected chi connectivity index (χ2v) is 3.89. The third-order valence-electron chi connectivity index (χ3n) is 2.54. The van der Waals surface area contributed by atoms with Crippen LogP contribution in [0.5, 0.6) is 5.75 Å². The average molecular weight is 273 g/mol. The van der Waals surface area contributed by atoms with Gasteiger partial charge in [-0.3, -0.25) is 4.90 Å². The number of hydrogen-bond acceptors (Lipinski definition) is 2. The number of carbonyl (C=O) groups excluding carboxylic acids is 1. The number of rotatable bonds is 5. The Morgan fingerprint density at radius 1 is 1.26 bits per heavy atom. The summed E-state index contributed by atoms with van der Waals surface area (Å²) in [6, 6.07) is 5.92. The maximum absolute atomic E-state index is 12.6. The van der Waals surface area contributed by atoms with Gasteiger partial charge in [0.2, 0.25) is 0 Å². The molecule has 1 saturated heterocycles. The van der Waals surface area contributed by atoms with Crippen molar-refractivity contribution in [2.45, 2.75) is 12.6 Å². The van der Waals surface area contributed by atoms with E-state index in [2.05, 4.69) is 5.32 Å². The van der Waals surface area contributed by atoms with Gasteiger partial charge in [0.05, 0.1) is 6.54 Å². The first kappa shape index (κ1) is 13.5. The number of amides is 2. The van der Waals surface area contributed by atoms with E-state index < -0.39 is 19.2 Å². The summed E-state index contributed by atoms with van der Waals surface area (Å²) < 4.78 is 41.4. The number of urea groups is 1. The number of nitrogens with zero attached hydrogens (tertiary/aromatic N) is 1. The summed E-state index contributed by atoms with van der Waals surface area (Å²) in [4.78, 5) is 12.8. The van der Waals surface area contributed by atoms with E-state index in [1.807, 2.05) is 0 Å². The van der Waals surface area contributed by atoms with Crippen LogP contribution >= 0.6 is 0 Å². The molecule has 1 radical (unpaired) electrons. The van der Waals surface area contributed by atoms with E-state index in [1.165, 1.54) is 17.0 Å². The summed E-state index contributed by atoms with van der Waals surface area (Å²) in [5, 5.41) is 2.60. The molecular weight excluding hydrogens is 261 g/mol. The van der Waals surface area contributed by atoms with Gasteiger partial charge in [-0.2, -0.15) is 0 Å². The van der Waals surface area contributed by atoms with Crippen molar-refractivity contribution in [3.05, 3.63) is 30.8 Å². The molecule has 1 atom stereocenters. The third-order valence-corrected chi connectivity index (χ3v) is 2.54. The molecule has 1 N–H and O–H groups in total. The Kier molecular flexibility index (Phi) is 4.13. The Morgan fingerprint density at radius 2 is 1.95 bits per heavy atom. The molecule has 0 aliphatic carbocycles. The first-order chi connectivity index (χ1) is 9.08. The monoisotopic (exact) mass is 273 g/mol. The normalized spacial score (nSPS) is 16.6. The van der Waals surface area contributed by atoms with Gasteiger partial charge in [0.25, 0.3) is 6.43 Å². The number of alkyl halides is 3. The fourth-order valence-electron chi connectivity index (χ4n) is 1.57. The van der Waals surface area contributed by atoms with Crippen LogP contribution in [-0.2, 0) is 0 Å². The van der Waals surface area contributed by atoms with Gasteiger partial charge in [0.15, 0.2) is 6.17 Å². The maximum atomic E-state index is 12.6. The number of carbonyl (C=O) groups is 1. The highest BCUT2D eigenvalue weighted by Gasteiger charge is 2.22. The van der Waals surface area contributed by atoms with Crippen molar-refractivity contribution in [2.24, 2.45) is 0 Å². The Balaban J connectivity index is 1.93. The minimum atomic E-state index is -3.05. The highest BCUT2D eigenvalue weighted by atomic mass is 19.3. The van der Waals surface area contributed by atoms with Gasteiger partial charge in [-0.15, -0.1) is 0 Å². The lowest BCUT2D eigenvalue weighted by molar-refractivity contribution is 0.0231. The zero-order chi connectivity index (χ0) is 13.8. The van der Waals surface area contributed by atoms with E-state index in [1.54, 1.807) is 18.7 Å². The highest BCUT2D eigenvalue weighted by Crippen LogP contribution is 2.22. The lowest BCUT2D eigenvalue weighted by atomic mass is 10.3. The third kappa shape index (κ3) is 3.30. The molecule has 2 rings (SSSR count). The van der Waals surface area contributed by atoms with Gasteiger partial charge >= 0.3 is 6.03 Å². The van der Waals surface area contributed by atoms with Crippen molar-refractivity contribution in [3.8, 4) is 5.75 Å². The van der Waals surface area contributed by atoms with E-state index >= 15 is 0 Å². The van der Waals surface area contributed by atoms with E-state index in [0.29, 0.717) is 12.2 Å². The molecule has 1 aromatic rings. The summed E-state index contributed by atoms with van der Waals surface area (Å²) in [7, 11) is 0. The van der Waals surface area contributed by atoms with E-state index in [9.17, 15) is 18.0 Å². The summed E-state index contributed by atoms with van der Waals surface area (Å²) in [6.45, 7) is 1.43. The topological polar surface area (TPSA) is 41.6 Å². The Bertz CT molecular complexity index is 439. The number of nitrogens with one attached hydrogen (secondary N) is 1. The minimum Gasteiger partial charge on any atom is -0.490 e. The number of ether oxygens (including phenoxy) is 1. The standard InChI is InChI=1S/C12H12F3N2O2/c13-10(11(14)15)7-19-9-3-1-8(2-4-9)17-6-5-16-12(17)18/h1-4,6,10-11H,5,7H2,(H,16,18). The van der Waals surface area contributed by atoms with Crippen molar-refractivity contribution in [2.75, 3.05) is 18.1 Å². The maximum Gasteiger partial charge on any atom is 0.322 e. The van der Waals surface area contributed by atoms with Gasteiger partial charge in [0, 0.05) is 12.2 Å². The Hall–Kier alpha value is -1.92. The smallest absolute Gasteiger partial charge is 0.322 e. The SMILES string of the molecule is O=C1NC[CH]N1c1ccc(OCC(F)C(F)F)cc1. The van der Waals surface area contributed by atoms with Crippen LogP contribution in [0, 0.1) is 6.54 Å². The summed E-state index contributed by atoms with van der Waals surface area (Å²) in [5.74, 6) is 0.270. The van der Waals surface area contributed by atoms with Crippen LogP contribution in [0.15, 0.2) is 24.3 Å². The molecule has 7 heteroatoms. The fraction of sp³-hybridized carbons (Fsp3) is 0.333. The molecule has 1 aliphatic rings. The predicted octanol–water partition coefficient (Wildman–Crippen LogP) is 2.36. The van der Waals surface area contributed by atoms with Crippen molar-refractivity contribution in [1.29, 1.82) is 0 Å². The van der Waals surface area contributed by atoms with Gasteiger partial charge in [-0.25, -0.2) is 18.0 Å². The quantitative estimate of drug-likeness (QED) is 0.894. The van der Waals surface area contributed by atoms with E-state index in [0.717, 1.165) is 0 Å². The Labute approximate surface area is 108 Å². The van der Waals surface area contributed by atoms with Crippen LogP contribution in [0.2, 0.25) is 0 Å². The zero-order valence-electron chi connectivity index (χ0n) is 9.85. The van der Waals surface area contributed by atoms with Gasteiger partial charge in [-0.05, 0) is 24.3 Å². The van der Waals surface area contributed by atoms with Gasteiger partial charge < -0.3 is 10.1 Å². The number of anilines is 1. The Morgan fingerprint density at radius 3 is 2.47 bits per heavy atom. The van der Waals surface area contributed by atoms with Gasteiger partial charge in [0.1, 0.15) is 12.4 Å². The summed E-state index contributed by atoms with van der Waals surface area (Å²) in [5.41, 5.74) is 0.619. The molecular formula is C12H12F3N2O2. The first-order valence-corrected chi connectivity index (χ1v) is 5.63. The second-order valence-electron chi connectivity index (χ2n) is 3.89. The lowest BCUT2D eigenvalue weighted by Gasteiger charge is -2.14. The molecule has 19 heavy (non-hydrogen) atoms. The average Bonchev–Trinajstić information content (AvgIpc) is 2.82. The van der Waals surface area contributed by atoms with E-state index in [-0.39, 0.29) is 11.8 Å². The molecule has 1 aliphatic heterocycles. The molecule has 0 bridgehead atoms. The summed E-state index contributed by atoms with van der Waals surface area (Å²) >= 11 is 0. The van der Waals surface area contributed by atoms with E-state index in [4.69, 9.17) is 4.74 Å². The van der Waals surface area contributed by atoms with Crippen LogP contribution < -0.4 is 15.0 Å². The van der Waals surface area contributed by atoms with Crippen molar-refractivity contribution < 1.29 is 22.7 Å². The van der Waals surface area contributed by atoms with Crippen LogP contribution in [0.25, 0.3) is 0 Å². The second kappa shape index (κ2) is 5.81. The van der Waals surface area contributed by atoms with Crippen molar-refractivity contribution in [1.82, 2.24) is 5.32 Å². The number of benzene rings is 1. The molecule has 1 unspecified atom stereocenters. The largest absolute Gasteiger partial charge is 0.490 e. The molecule has 1 fully saturated rings. The molecule has 0 spiro atoms. The predicted molar refractivity (Wildman–Crippen MR) is 63.0 cm³/mol. The number of hydrogen-bond donors (Lipinski definition) is 1. The molecule has 4 nitrogen and oxygen atoms in total. The highest BCUT2D eigenvalue weighted by molar-refractivity contribution is 5.95. The first-order valence-electron chi connectivity index (χ1n) is 5.63. The molecule has 103 valence electrons. The number of halogens is 3. The minimum absolute atomic E-state index is 0.241. The molecule has 1 aromatic carbocycles. The van der Waals surface area contributed by atoms with Crippen LogP contribution in [0.1, 0.15) is 0 Å². The zero-order valence-corrected chi connectivity index (χ0v) is 9.85. The van der Waals surface area contributed by atoms with Crippen molar-refractivity contribution >= 4 is 11.7 Å². The molecule has 1 heterocycles. The van der Waals surface area contributed by atoms with Crippen molar-refractivity contribution in [3.63, 3.8) is 0 Å². The van der Waals surface area contributed by atoms with Crippen LogP contribution in [-0.4, -0.2) is 31.8 Å². The molecule has 0 aromatic heterocycles. The molecule has 0 saturated carbocycles. The van der Waals surface area contributed by atoms with Crippen LogP contribution in [0.3, 0.4) is 0 Å².